The average molecular weight is 441 g/mol. The lowest BCUT2D eigenvalue weighted by atomic mass is 9.95. The quantitative estimate of drug-likeness (QED) is 0.699. The molecule has 2 aromatic rings. The van der Waals surface area contributed by atoms with E-state index in [0.29, 0.717) is 23.7 Å². The van der Waals surface area contributed by atoms with Crippen molar-refractivity contribution in [3.8, 4) is 0 Å². The van der Waals surface area contributed by atoms with E-state index < -0.39 is 5.92 Å². The monoisotopic (exact) mass is 440 g/mol. The molecule has 1 N–H and O–H groups in total. The van der Waals surface area contributed by atoms with E-state index in [-0.39, 0.29) is 24.2 Å². The predicted octanol–water partition coefficient (Wildman–Crippen LogP) is 4.41. The number of benzene rings is 1. The van der Waals surface area contributed by atoms with E-state index in [1.54, 1.807) is 11.8 Å². The van der Waals surface area contributed by atoms with Crippen molar-refractivity contribution in [1.82, 2.24) is 0 Å². The van der Waals surface area contributed by atoms with Gasteiger partial charge in [-0.1, -0.05) is 6.07 Å². The first-order valence-electron chi connectivity index (χ1n) is 10.9. The van der Waals surface area contributed by atoms with Gasteiger partial charge in [-0.15, -0.1) is 11.3 Å². The molecule has 1 aliphatic heterocycles. The summed E-state index contributed by atoms with van der Waals surface area (Å²) in [5, 5.41) is 3.52. The second kappa shape index (κ2) is 8.83. The summed E-state index contributed by atoms with van der Waals surface area (Å²) in [4.78, 5) is 41.2. The van der Waals surface area contributed by atoms with Gasteiger partial charge in [0.2, 0.25) is 11.8 Å². The summed E-state index contributed by atoms with van der Waals surface area (Å²) in [7, 11) is 0. The van der Waals surface area contributed by atoms with E-state index in [0.717, 1.165) is 52.9 Å². The minimum atomic E-state index is -0.455. The Balaban J connectivity index is 1.53. The number of amides is 2. The molecule has 1 saturated heterocycles. The molecule has 1 unspecified atom stereocenters. The van der Waals surface area contributed by atoms with Crippen molar-refractivity contribution in [3.05, 3.63) is 45.3 Å². The molecule has 6 nitrogen and oxygen atoms in total. The van der Waals surface area contributed by atoms with E-state index in [9.17, 15) is 14.4 Å². The number of aryl methyl sites for hydroxylation is 3. The van der Waals surface area contributed by atoms with Crippen LogP contribution in [0.4, 0.5) is 10.7 Å². The summed E-state index contributed by atoms with van der Waals surface area (Å²) < 4.78 is 5.27. The fourth-order valence-electron chi connectivity index (χ4n) is 4.31. The highest BCUT2D eigenvalue weighted by Gasteiger charge is 2.36. The first kappa shape index (κ1) is 21.6. The molecule has 164 valence electrons. The summed E-state index contributed by atoms with van der Waals surface area (Å²) >= 11 is 1.47. The van der Waals surface area contributed by atoms with Crippen LogP contribution in [0.3, 0.4) is 0 Å². The smallest absolute Gasteiger partial charge is 0.341 e. The number of nitrogens with one attached hydrogen (secondary N) is 1. The first-order valence-corrected chi connectivity index (χ1v) is 11.7. The number of ether oxygens (including phenoxy) is 1. The Kier molecular flexibility index (Phi) is 6.14. The van der Waals surface area contributed by atoms with Crippen LogP contribution in [0.2, 0.25) is 0 Å². The molecular weight excluding hydrogens is 412 g/mol. The number of carbonyl (C=O) groups excluding carboxylic acids is 3. The lowest BCUT2D eigenvalue weighted by molar-refractivity contribution is -0.122. The number of hydrogen-bond donors (Lipinski definition) is 1. The van der Waals surface area contributed by atoms with Crippen molar-refractivity contribution >= 4 is 39.8 Å². The molecule has 2 amide bonds. The number of thiophene rings is 1. The number of esters is 1. The Morgan fingerprint density at radius 3 is 2.71 bits per heavy atom. The van der Waals surface area contributed by atoms with E-state index in [1.807, 2.05) is 32.0 Å². The molecule has 1 aromatic heterocycles. The number of carbonyl (C=O) groups is 3. The minimum absolute atomic E-state index is 0.0560. The second-order valence-corrected chi connectivity index (χ2v) is 9.40. The molecule has 2 heterocycles. The Bertz CT molecular complexity index is 1040. The third-order valence-corrected chi connectivity index (χ3v) is 7.39. The van der Waals surface area contributed by atoms with Gasteiger partial charge >= 0.3 is 5.97 Å². The van der Waals surface area contributed by atoms with Gasteiger partial charge in [-0.05, 0) is 75.3 Å². The van der Waals surface area contributed by atoms with Crippen LogP contribution in [0.1, 0.15) is 58.1 Å². The molecule has 1 fully saturated rings. The maximum absolute atomic E-state index is 13.1. The minimum Gasteiger partial charge on any atom is -0.462 e. The fraction of sp³-hybridized carbons (Fsp3) is 0.458. The number of hydrogen-bond acceptors (Lipinski definition) is 5. The predicted molar refractivity (Wildman–Crippen MR) is 122 cm³/mol. The fourth-order valence-corrected chi connectivity index (χ4v) is 5.59. The molecule has 0 spiro atoms. The summed E-state index contributed by atoms with van der Waals surface area (Å²) in [5.41, 5.74) is 4.62. The van der Waals surface area contributed by atoms with E-state index in [1.165, 1.54) is 11.3 Å². The summed E-state index contributed by atoms with van der Waals surface area (Å²) in [6, 6.07) is 5.90. The highest BCUT2D eigenvalue weighted by Crippen LogP contribution is 2.39. The maximum Gasteiger partial charge on any atom is 0.341 e. The Labute approximate surface area is 186 Å². The van der Waals surface area contributed by atoms with Crippen LogP contribution >= 0.6 is 11.3 Å². The van der Waals surface area contributed by atoms with E-state index >= 15 is 0 Å². The molecule has 1 aromatic carbocycles. The SMILES string of the molecule is CCOC(=O)c1c(NC(=O)C2CC(=O)N(c3ccc(C)c(C)c3)C2)sc2c1CCCC2. The van der Waals surface area contributed by atoms with Gasteiger partial charge in [-0.25, -0.2) is 4.79 Å². The third-order valence-electron chi connectivity index (χ3n) is 6.19. The molecule has 7 heteroatoms. The van der Waals surface area contributed by atoms with Gasteiger partial charge in [0.15, 0.2) is 0 Å². The topological polar surface area (TPSA) is 75.7 Å². The van der Waals surface area contributed by atoms with Gasteiger partial charge in [0, 0.05) is 23.5 Å². The normalized spacial score (nSPS) is 18.1. The molecule has 0 bridgehead atoms. The van der Waals surface area contributed by atoms with Crippen LogP contribution in [0.5, 0.6) is 0 Å². The zero-order valence-electron chi connectivity index (χ0n) is 18.2. The largest absolute Gasteiger partial charge is 0.462 e. The van der Waals surface area contributed by atoms with Crippen LogP contribution < -0.4 is 10.2 Å². The van der Waals surface area contributed by atoms with Crippen molar-refractivity contribution in [2.45, 2.75) is 52.9 Å². The summed E-state index contributed by atoms with van der Waals surface area (Å²) in [6.45, 7) is 6.45. The van der Waals surface area contributed by atoms with Gasteiger partial charge < -0.3 is 15.0 Å². The first-order chi connectivity index (χ1) is 14.9. The maximum atomic E-state index is 13.1. The third kappa shape index (κ3) is 4.24. The molecule has 1 atom stereocenters. The van der Waals surface area contributed by atoms with Crippen LogP contribution in [0.15, 0.2) is 18.2 Å². The van der Waals surface area contributed by atoms with Crippen LogP contribution in [0, 0.1) is 19.8 Å². The zero-order valence-corrected chi connectivity index (χ0v) is 19.1. The highest BCUT2D eigenvalue weighted by molar-refractivity contribution is 7.17. The highest BCUT2D eigenvalue weighted by atomic mass is 32.1. The van der Waals surface area contributed by atoms with Crippen molar-refractivity contribution in [1.29, 1.82) is 0 Å². The molecular formula is C24H28N2O4S. The number of nitrogens with zero attached hydrogens (tertiary/aromatic N) is 1. The molecule has 31 heavy (non-hydrogen) atoms. The van der Waals surface area contributed by atoms with Gasteiger partial charge in [0.05, 0.1) is 18.1 Å². The number of anilines is 2. The molecule has 2 aliphatic rings. The Morgan fingerprint density at radius 1 is 1.19 bits per heavy atom. The standard InChI is InChI=1S/C24H28N2O4S/c1-4-30-24(29)21-18-7-5-6-8-19(18)31-23(21)25-22(28)16-12-20(27)26(13-16)17-10-9-14(2)15(3)11-17/h9-11,16H,4-8,12-13H2,1-3H3,(H,25,28). The summed E-state index contributed by atoms with van der Waals surface area (Å²) in [5.74, 6) is -1.11. The number of fused-ring (bicyclic) bond motifs is 1. The molecule has 4 rings (SSSR count). The van der Waals surface area contributed by atoms with Crippen LogP contribution in [0.25, 0.3) is 0 Å². The zero-order chi connectivity index (χ0) is 22.1. The van der Waals surface area contributed by atoms with E-state index in [2.05, 4.69) is 5.32 Å². The van der Waals surface area contributed by atoms with Crippen molar-refractivity contribution in [2.75, 3.05) is 23.4 Å². The molecule has 1 aliphatic carbocycles. The van der Waals surface area contributed by atoms with Crippen molar-refractivity contribution in [2.24, 2.45) is 5.92 Å². The van der Waals surface area contributed by atoms with Gasteiger partial charge in [0.1, 0.15) is 5.00 Å². The van der Waals surface area contributed by atoms with Gasteiger partial charge in [0.25, 0.3) is 0 Å². The van der Waals surface area contributed by atoms with Crippen LogP contribution in [-0.4, -0.2) is 30.9 Å². The molecule has 0 saturated carbocycles. The van der Waals surface area contributed by atoms with Crippen molar-refractivity contribution < 1.29 is 19.1 Å². The Hall–Kier alpha value is -2.67. The van der Waals surface area contributed by atoms with Crippen molar-refractivity contribution in [3.63, 3.8) is 0 Å². The summed E-state index contributed by atoms with van der Waals surface area (Å²) in [6.07, 6.45) is 4.04. The van der Waals surface area contributed by atoms with Gasteiger partial charge in [-0.3, -0.25) is 9.59 Å². The van der Waals surface area contributed by atoms with E-state index in [4.69, 9.17) is 4.74 Å². The lowest BCUT2D eigenvalue weighted by Gasteiger charge is -2.18. The van der Waals surface area contributed by atoms with Crippen LogP contribution in [-0.2, 0) is 27.2 Å². The Morgan fingerprint density at radius 2 is 1.97 bits per heavy atom. The second-order valence-electron chi connectivity index (χ2n) is 8.30. The average Bonchev–Trinajstić information content (AvgIpc) is 3.30. The number of rotatable bonds is 5. The lowest BCUT2D eigenvalue weighted by Crippen LogP contribution is -2.28. The molecule has 0 radical (unpaired) electrons. The van der Waals surface area contributed by atoms with Gasteiger partial charge in [-0.2, -0.15) is 0 Å².